The molecule has 0 aliphatic heterocycles. The molecule has 0 radical (unpaired) electrons. The van der Waals surface area contributed by atoms with E-state index in [0.29, 0.717) is 38.6 Å². The van der Waals surface area contributed by atoms with E-state index in [1.54, 1.807) is 48.5 Å². The molecule has 0 aromatic heterocycles. The first-order valence-electron chi connectivity index (χ1n) is 6.27. The topological polar surface area (TPSA) is 51.2 Å². The Hall–Kier alpha value is -2.33. The number of benzene rings is 2. The number of hydrogen-bond acceptors (Lipinski definition) is 3. The standard InChI is InChI=1S/C17H9BrO3/c18-11(9-19)8-10-4-3-7-14-15(10)17(21)13-6-2-1-5-12(13)16(14)20/h1-9H. The van der Waals surface area contributed by atoms with Gasteiger partial charge in [-0.2, -0.15) is 0 Å². The van der Waals surface area contributed by atoms with Crippen LogP contribution in [0.5, 0.6) is 0 Å². The van der Waals surface area contributed by atoms with E-state index in [-0.39, 0.29) is 11.6 Å². The van der Waals surface area contributed by atoms with Crippen molar-refractivity contribution in [3.63, 3.8) is 0 Å². The van der Waals surface area contributed by atoms with Gasteiger partial charge >= 0.3 is 0 Å². The Kier molecular flexibility index (Phi) is 3.39. The van der Waals surface area contributed by atoms with E-state index in [1.807, 2.05) is 0 Å². The molecule has 2 aromatic rings. The fourth-order valence-corrected chi connectivity index (χ4v) is 2.72. The Bertz CT molecular complexity index is 819. The minimum absolute atomic E-state index is 0.169. The highest BCUT2D eigenvalue weighted by molar-refractivity contribution is 9.12. The normalized spacial score (nSPS) is 13.7. The molecule has 1 aliphatic rings. The second-order valence-corrected chi connectivity index (χ2v) is 5.54. The molecular formula is C17H9BrO3. The number of fused-ring (bicyclic) bond motifs is 2. The van der Waals surface area contributed by atoms with E-state index in [9.17, 15) is 14.4 Å². The molecule has 0 fully saturated rings. The maximum absolute atomic E-state index is 12.7. The lowest BCUT2D eigenvalue weighted by atomic mass is 9.82. The third-order valence-electron chi connectivity index (χ3n) is 3.39. The van der Waals surface area contributed by atoms with Crippen LogP contribution in [0.15, 0.2) is 46.9 Å². The molecule has 0 spiro atoms. The number of hydrogen-bond donors (Lipinski definition) is 0. The van der Waals surface area contributed by atoms with Crippen molar-refractivity contribution >= 4 is 39.9 Å². The van der Waals surface area contributed by atoms with Crippen LogP contribution in [-0.4, -0.2) is 17.9 Å². The van der Waals surface area contributed by atoms with Gasteiger partial charge in [-0.25, -0.2) is 0 Å². The second kappa shape index (κ2) is 5.22. The van der Waals surface area contributed by atoms with Gasteiger partial charge in [0.15, 0.2) is 17.9 Å². The van der Waals surface area contributed by atoms with E-state index in [4.69, 9.17) is 0 Å². The van der Waals surface area contributed by atoms with Crippen LogP contribution in [0.2, 0.25) is 0 Å². The predicted octanol–water partition coefficient (Wildman–Crippen LogP) is 3.40. The van der Waals surface area contributed by atoms with Gasteiger partial charge in [-0.1, -0.05) is 42.5 Å². The summed E-state index contributed by atoms with van der Waals surface area (Å²) in [5, 5.41) is 0. The number of halogens is 1. The molecule has 0 unspecified atom stereocenters. The van der Waals surface area contributed by atoms with Crippen molar-refractivity contribution in [2.75, 3.05) is 0 Å². The summed E-state index contributed by atoms with van der Waals surface area (Å²) in [4.78, 5) is 35.9. The fourth-order valence-electron chi connectivity index (χ4n) is 2.47. The Balaban J connectivity index is 2.28. The van der Waals surface area contributed by atoms with Crippen molar-refractivity contribution in [1.82, 2.24) is 0 Å². The smallest absolute Gasteiger partial charge is 0.195 e. The fraction of sp³-hybridized carbons (Fsp3) is 0. The van der Waals surface area contributed by atoms with Gasteiger partial charge in [0.2, 0.25) is 0 Å². The van der Waals surface area contributed by atoms with Gasteiger partial charge < -0.3 is 0 Å². The molecule has 0 bridgehead atoms. The maximum Gasteiger partial charge on any atom is 0.195 e. The lowest BCUT2D eigenvalue weighted by molar-refractivity contribution is -0.104. The molecule has 0 saturated carbocycles. The SMILES string of the molecule is O=CC(Br)=Cc1cccc2c1C(=O)c1ccccc1C2=O. The van der Waals surface area contributed by atoms with Crippen molar-refractivity contribution in [2.24, 2.45) is 0 Å². The average Bonchev–Trinajstić information content (AvgIpc) is 2.52. The average molecular weight is 341 g/mol. The number of rotatable bonds is 2. The highest BCUT2D eigenvalue weighted by Gasteiger charge is 2.30. The second-order valence-electron chi connectivity index (χ2n) is 4.62. The number of allylic oxidation sites excluding steroid dienone is 1. The van der Waals surface area contributed by atoms with Gasteiger partial charge in [0.25, 0.3) is 0 Å². The molecule has 0 saturated heterocycles. The molecule has 102 valence electrons. The third-order valence-corrected chi connectivity index (χ3v) is 3.81. The quantitative estimate of drug-likeness (QED) is 0.530. The van der Waals surface area contributed by atoms with E-state index >= 15 is 0 Å². The lowest BCUT2D eigenvalue weighted by Gasteiger charge is -2.18. The zero-order valence-electron chi connectivity index (χ0n) is 10.8. The molecule has 0 N–H and O–H groups in total. The Labute approximate surface area is 129 Å². The minimum atomic E-state index is -0.196. The van der Waals surface area contributed by atoms with Crippen LogP contribution in [0.4, 0.5) is 0 Å². The highest BCUT2D eigenvalue weighted by atomic mass is 79.9. The molecule has 0 amide bonds. The molecule has 1 aliphatic carbocycles. The van der Waals surface area contributed by atoms with Crippen molar-refractivity contribution in [1.29, 1.82) is 0 Å². The van der Waals surface area contributed by atoms with E-state index in [1.165, 1.54) is 0 Å². The molecule has 4 heteroatoms. The number of aldehydes is 1. The van der Waals surface area contributed by atoms with Crippen LogP contribution in [-0.2, 0) is 4.79 Å². The summed E-state index contributed by atoms with van der Waals surface area (Å²) < 4.78 is 0.315. The Morgan fingerprint density at radius 2 is 1.48 bits per heavy atom. The number of carbonyl (C=O) groups excluding carboxylic acids is 3. The summed E-state index contributed by atoms with van der Waals surface area (Å²) in [6.45, 7) is 0. The van der Waals surface area contributed by atoms with Gasteiger partial charge in [0.05, 0.1) is 4.48 Å². The monoisotopic (exact) mass is 340 g/mol. The molecular weight excluding hydrogens is 332 g/mol. The van der Waals surface area contributed by atoms with Crippen LogP contribution >= 0.6 is 15.9 Å². The maximum atomic E-state index is 12.7. The molecule has 3 nitrogen and oxygen atoms in total. The molecule has 21 heavy (non-hydrogen) atoms. The van der Waals surface area contributed by atoms with Gasteiger partial charge in [-0.15, -0.1) is 0 Å². The van der Waals surface area contributed by atoms with Crippen LogP contribution in [0.3, 0.4) is 0 Å². The van der Waals surface area contributed by atoms with Gasteiger partial charge in [0.1, 0.15) is 0 Å². The zero-order chi connectivity index (χ0) is 15.0. The summed E-state index contributed by atoms with van der Waals surface area (Å²) in [6, 6.07) is 11.8. The van der Waals surface area contributed by atoms with E-state index in [0.717, 1.165) is 0 Å². The van der Waals surface area contributed by atoms with Crippen molar-refractivity contribution in [2.45, 2.75) is 0 Å². The van der Waals surface area contributed by atoms with Crippen molar-refractivity contribution in [3.05, 3.63) is 74.8 Å². The first-order chi connectivity index (χ1) is 10.1. The third kappa shape index (κ3) is 2.17. The lowest BCUT2D eigenvalue weighted by Crippen LogP contribution is -2.21. The van der Waals surface area contributed by atoms with Crippen molar-refractivity contribution in [3.8, 4) is 0 Å². The Morgan fingerprint density at radius 1 is 0.857 bits per heavy atom. The highest BCUT2D eigenvalue weighted by Crippen LogP contribution is 2.30. The summed E-state index contributed by atoms with van der Waals surface area (Å²) in [5.41, 5.74) is 2.10. The molecule has 0 atom stereocenters. The summed E-state index contributed by atoms with van der Waals surface area (Å²) in [6.07, 6.45) is 2.19. The molecule has 2 aromatic carbocycles. The predicted molar refractivity (Wildman–Crippen MR) is 82.7 cm³/mol. The van der Waals surface area contributed by atoms with Gasteiger partial charge in [-0.05, 0) is 27.6 Å². The van der Waals surface area contributed by atoms with Gasteiger partial charge in [0, 0.05) is 22.3 Å². The summed E-state index contributed by atoms with van der Waals surface area (Å²) in [5.74, 6) is -0.365. The van der Waals surface area contributed by atoms with E-state index in [2.05, 4.69) is 15.9 Å². The van der Waals surface area contributed by atoms with Crippen LogP contribution in [0.1, 0.15) is 37.4 Å². The summed E-state index contributed by atoms with van der Waals surface area (Å²) >= 11 is 3.10. The van der Waals surface area contributed by atoms with Crippen LogP contribution < -0.4 is 0 Å². The van der Waals surface area contributed by atoms with Crippen LogP contribution in [0, 0.1) is 0 Å². The number of carbonyl (C=O) groups is 3. The van der Waals surface area contributed by atoms with E-state index < -0.39 is 0 Å². The van der Waals surface area contributed by atoms with Gasteiger partial charge in [-0.3, -0.25) is 14.4 Å². The minimum Gasteiger partial charge on any atom is -0.297 e. The zero-order valence-corrected chi connectivity index (χ0v) is 12.4. The molecule has 3 rings (SSSR count). The molecule has 0 heterocycles. The van der Waals surface area contributed by atoms with Crippen molar-refractivity contribution < 1.29 is 14.4 Å². The Morgan fingerprint density at radius 3 is 2.14 bits per heavy atom. The first kappa shape index (κ1) is 13.6. The van der Waals surface area contributed by atoms with Crippen LogP contribution in [0.25, 0.3) is 6.08 Å². The number of ketones is 2. The summed E-state index contributed by atoms with van der Waals surface area (Å²) in [7, 11) is 0. The largest absolute Gasteiger partial charge is 0.297 e. The first-order valence-corrected chi connectivity index (χ1v) is 7.06.